The van der Waals surface area contributed by atoms with Crippen LogP contribution in [0.2, 0.25) is 0 Å². The Hall–Kier alpha value is -2.98. The van der Waals surface area contributed by atoms with Crippen molar-refractivity contribution in [1.82, 2.24) is 19.6 Å². The second-order valence-corrected chi connectivity index (χ2v) is 5.95. The van der Waals surface area contributed by atoms with Crippen molar-refractivity contribution in [2.45, 2.75) is 26.2 Å². The predicted molar refractivity (Wildman–Crippen MR) is 84.5 cm³/mol. The zero-order chi connectivity index (χ0) is 19.9. The van der Waals surface area contributed by atoms with Gasteiger partial charge < -0.3 is 4.74 Å². The van der Waals surface area contributed by atoms with E-state index in [4.69, 9.17) is 4.74 Å². The number of hydrogen-bond donors (Lipinski definition) is 1. The van der Waals surface area contributed by atoms with Gasteiger partial charge in [0.2, 0.25) is 5.65 Å². The number of ether oxygens (including phenoxy) is 1. The molecule has 0 atom stereocenters. The number of nitrogens with one attached hydrogen (secondary N) is 1. The van der Waals surface area contributed by atoms with E-state index in [2.05, 4.69) is 15.1 Å². The van der Waals surface area contributed by atoms with Crippen molar-refractivity contribution < 1.29 is 26.7 Å². The minimum Gasteiger partial charge on any atom is -0.458 e. The Labute approximate surface area is 148 Å². The molecule has 0 saturated heterocycles. The highest BCUT2D eigenvalue weighted by Crippen LogP contribution is 2.31. The van der Waals surface area contributed by atoms with Crippen LogP contribution in [-0.4, -0.2) is 32.6 Å². The lowest BCUT2D eigenvalue weighted by Crippen LogP contribution is -2.18. The van der Waals surface area contributed by atoms with Gasteiger partial charge in [-0.15, -0.1) is 5.10 Å². The van der Waals surface area contributed by atoms with Gasteiger partial charge in [-0.1, -0.05) is 13.8 Å². The third-order valence-corrected chi connectivity index (χ3v) is 3.65. The Balaban J connectivity index is 2.29. The van der Waals surface area contributed by atoms with E-state index in [9.17, 15) is 26.7 Å². The monoisotopic (exact) mass is 388 g/mol. The standard InChI is InChI=1S/C16H13F5N4O2/c1-6(2)12-13(7-3-8(17)11(21)9(18)4-7)25-14(22-12)15(26)23-16(24-25)27-5-10(19)20/h3-4,6,10H,5H2,1-2H3,(H,23,24,26). The number of aromatic amines is 1. The van der Waals surface area contributed by atoms with Crippen molar-refractivity contribution in [3.05, 3.63) is 45.6 Å². The van der Waals surface area contributed by atoms with E-state index in [-0.39, 0.29) is 28.5 Å². The number of alkyl halides is 2. The number of hydrogen-bond acceptors (Lipinski definition) is 4. The van der Waals surface area contributed by atoms with E-state index in [1.54, 1.807) is 13.8 Å². The van der Waals surface area contributed by atoms with Crippen molar-refractivity contribution >= 4 is 5.65 Å². The van der Waals surface area contributed by atoms with Crippen molar-refractivity contribution in [2.75, 3.05) is 6.61 Å². The number of H-pyrrole nitrogens is 1. The smallest absolute Gasteiger partial charge is 0.314 e. The molecule has 0 aliphatic heterocycles. The molecule has 0 amide bonds. The fraction of sp³-hybridized carbons (Fsp3) is 0.312. The van der Waals surface area contributed by atoms with Gasteiger partial charge in [-0.05, 0) is 18.1 Å². The van der Waals surface area contributed by atoms with Gasteiger partial charge in [0, 0.05) is 5.56 Å². The van der Waals surface area contributed by atoms with Crippen LogP contribution >= 0.6 is 0 Å². The number of benzene rings is 1. The molecule has 1 N–H and O–H groups in total. The molecule has 0 bridgehead atoms. The molecule has 2 aromatic heterocycles. The summed E-state index contributed by atoms with van der Waals surface area (Å²) in [5.74, 6) is -4.82. The van der Waals surface area contributed by atoms with E-state index in [0.29, 0.717) is 0 Å². The molecule has 3 rings (SSSR count). The molecule has 144 valence electrons. The molecule has 3 aromatic rings. The average molecular weight is 388 g/mol. The van der Waals surface area contributed by atoms with Crippen LogP contribution in [0.4, 0.5) is 22.0 Å². The molecule has 6 nitrogen and oxygen atoms in total. The maximum absolute atomic E-state index is 13.7. The lowest BCUT2D eigenvalue weighted by Gasteiger charge is -2.09. The van der Waals surface area contributed by atoms with Gasteiger partial charge in [0.25, 0.3) is 12.0 Å². The van der Waals surface area contributed by atoms with Gasteiger partial charge in [0.05, 0.1) is 11.4 Å². The third-order valence-electron chi connectivity index (χ3n) is 3.65. The van der Waals surface area contributed by atoms with Crippen molar-refractivity contribution in [3.8, 4) is 17.3 Å². The second kappa shape index (κ2) is 6.97. The number of rotatable bonds is 5. The Morgan fingerprint density at radius 3 is 2.37 bits per heavy atom. The molecular weight excluding hydrogens is 375 g/mol. The summed E-state index contributed by atoms with van der Waals surface area (Å²) in [7, 11) is 0. The first-order chi connectivity index (χ1) is 12.7. The fourth-order valence-corrected chi connectivity index (χ4v) is 2.51. The van der Waals surface area contributed by atoms with E-state index >= 15 is 0 Å². The third kappa shape index (κ3) is 3.49. The molecule has 0 spiro atoms. The molecule has 0 fully saturated rings. The summed E-state index contributed by atoms with van der Waals surface area (Å²) in [5.41, 5.74) is -0.885. The van der Waals surface area contributed by atoms with Crippen LogP contribution < -0.4 is 10.3 Å². The van der Waals surface area contributed by atoms with Gasteiger partial charge >= 0.3 is 6.01 Å². The molecule has 0 saturated carbocycles. The first-order valence-electron chi connectivity index (χ1n) is 7.77. The number of aromatic nitrogens is 4. The maximum atomic E-state index is 13.7. The summed E-state index contributed by atoms with van der Waals surface area (Å²) in [6.45, 7) is 2.41. The molecule has 0 aliphatic rings. The largest absolute Gasteiger partial charge is 0.458 e. The van der Waals surface area contributed by atoms with Gasteiger partial charge in [-0.3, -0.25) is 9.78 Å². The highest BCUT2D eigenvalue weighted by molar-refractivity contribution is 5.67. The number of halogens is 5. The molecule has 0 aliphatic carbocycles. The molecule has 0 radical (unpaired) electrons. The summed E-state index contributed by atoms with van der Waals surface area (Å²) in [6.07, 6.45) is -2.81. The van der Waals surface area contributed by atoms with Crippen LogP contribution in [0.3, 0.4) is 0 Å². The topological polar surface area (TPSA) is 72.3 Å². The van der Waals surface area contributed by atoms with Gasteiger partial charge in [-0.25, -0.2) is 31.5 Å². The van der Waals surface area contributed by atoms with Crippen molar-refractivity contribution in [1.29, 1.82) is 0 Å². The summed E-state index contributed by atoms with van der Waals surface area (Å²) in [6, 6.07) is 0.942. The molecule has 27 heavy (non-hydrogen) atoms. The van der Waals surface area contributed by atoms with Crippen LogP contribution in [0.1, 0.15) is 25.5 Å². The Morgan fingerprint density at radius 1 is 1.19 bits per heavy atom. The van der Waals surface area contributed by atoms with Gasteiger partial charge in [-0.2, -0.15) is 0 Å². The minimum absolute atomic E-state index is 0.0193. The average Bonchev–Trinajstić information content (AvgIpc) is 2.97. The molecule has 2 heterocycles. The Kier molecular flexibility index (Phi) is 4.85. The normalized spacial score (nSPS) is 11.7. The Morgan fingerprint density at radius 2 is 1.81 bits per heavy atom. The summed E-state index contributed by atoms with van der Waals surface area (Å²) in [4.78, 5) is 18.5. The van der Waals surface area contributed by atoms with Crippen LogP contribution in [0.5, 0.6) is 6.01 Å². The van der Waals surface area contributed by atoms with Crippen molar-refractivity contribution in [2.24, 2.45) is 0 Å². The van der Waals surface area contributed by atoms with Crippen molar-refractivity contribution in [3.63, 3.8) is 0 Å². The van der Waals surface area contributed by atoms with E-state index in [1.165, 1.54) is 0 Å². The number of imidazole rings is 1. The van der Waals surface area contributed by atoms with E-state index < -0.39 is 42.1 Å². The highest BCUT2D eigenvalue weighted by Gasteiger charge is 2.23. The molecule has 0 unspecified atom stereocenters. The summed E-state index contributed by atoms with van der Waals surface area (Å²) in [5, 5.41) is 3.87. The minimum atomic E-state index is -2.81. The Bertz CT molecular complexity index is 1040. The summed E-state index contributed by atoms with van der Waals surface area (Å²) >= 11 is 0. The quantitative estimate of drug-likeness (QED) is 0.538. The van der Waals surface area contributed by atoms with Gasteiger partial charge in [0.15, 0.2) is 24.1 Å². The van der Waals surface area contributed by atoms with Crippen LogP contribution in [0.25, 0.3) is 16.9 Å². The SMILES string of the molecule is CC(C)c1nc2c(=O)[nH]c(OCC(F)F)nn2c1-c1cc(F)c(F)c(F)c1. The molecular formula is C16H13F5N4O2. The number of fused-ring (bicyclic) bond motifs is 1. The predicted octanol–water partition coefficient (Wildman–Crippen LogP) is 3.27. The van der Waals surface area contributed by atoms with E-state index in [1.807, 2.05) is 0 Å². The first-order valence-corrected chi connectivity index (χ1v) is 7.77. The highest BCUT2D eigenvalue weighted by atomic mass is 19.3. The summed E-state index contributed by atoms with van der Waals surface area (Å²) < 4.78 is 71.0. The molecule has 1 aromatic carbocycles. The second-order valence-electron chi connectivity index (χ2n) is 5.95. The van der Waals surface area contributed by atoms with E-state index in [0.717, 1.165) is 16.6 Å². The molecule has 11 heteroatoms. The zero-order valence-electron chi connectivity index (χ0n) is 14.1. The van der Waals surface area contributed by atoms with Crippen LogP contribution in [-0.2, 0) is 0 Å². The number of nitrogens with zero attached hydrogens (tertiary/aromatic N) is 3. The van der Waals surface area contributed by atoms with Crippen LogP contribution in [0, 0.1) is 17.5 Å². The van der Waals surface area contributed by atoms with Gasteiger partial charge in [0.1, 0.15) is 0 Å². The first kappa shape index (κ1) is 18.8. The zero-order valence-corrected chi connectivity index (χ0v) is 14.1. The van der Waals surface area contributed by atoms with Crippen LogP contribution in [0.15, 0.2) is 16.9 Å². The fourth-order valence-electron chi connectivity index (χ4n) is 2.51. The lowest BCUT2D eigenvalue weighted by atomic mass is 10.0. The maximum Gasteiger partial charge on any atom is 0.314 e. The lowest BCUT2D eigenvalue weighted by molar-refractivity contribution is 0.0761.